The van der Waals surface area contributed by atoms with Crippen LogP contribution in [0.5, 0.6) is 0 Å². The molecule has 2 heterocycles. The second-order valence-corrected chi connectivity index (χ2v) is 8.05. The van der Waals surface area contributed by atoms with Crippen LogP contribution in [-0.4, -0.2) is 16.7 Å². The molecule has 27 heavy (non-hydrogen) atoms. The van der Waals surface area contributed by atoms with Crippen LogP contribution in [0.3, 0.4) is 0 Å². The minimum Gasteiger partial charge on any atom is -0.357 e. The summed E-state index contributed by atoms with van der Waals surface area (Å²) in [6.45, 7) is 5.76. The molecular weight excluding hydrogens is 338 g/mol. The normalized spacial score (nSPS) is 21.1. The first-order valence-corrected chi connectivity index (χ1v) is 9.19. The van der Waals surface area contributed by atoms with Crippen LogP contribution in [-0.2, 0) is 9.59 Å². The van der Waals surface area contributed by atoms with Crippen molar-refractivity contribution in [3.8, 4) is 0 Å². The number of allylic oxidation sites excluding steroid dienone is 1. The summed E-state index contributed by atoms with van der Waals surface area (Å²) < 4.78 is 0. The Kier molecular flexibility index (Phi) is 4.10. The van der Waals surface area contributed by atoms with Gasteiger partial charge in [0.1, 0.15) is 0 Å². The lowest BCUT2D eigenvalue weighted by Gasteiger charge is -2.36. The quantitative estimate of drug-likeness (QED) is 0.825. The molecule has 5 heteroatoms. The summed E-state index contributed by atoms with van der Waals surface area (Å²) in [7, 11) is 0. The molecule has 1 aromatic heterocycles. The second kappa shape index (κ2) is 6.34. The van der Waals surface area contributed by atoms with Crippen LogP contribution in [0.4, 0.5) is 11.4 Å². The predicted octanol–water partition coefficient (Wildman–Crippen LogP) is 4.24. The van der Waals surface area contributed by atoms with Crippen molar-refractivity contribution < 1.29 is 9.59 Å². The maximum absolute atomic E-state index is 13.2. The van der Waals surface area contributed by atoms with E-state index in [2.05, 4.69) is 24.1 Å². The van der Waals surface area contributed by atoms with Gasteiger partial charge in [-0.3, -0.25) is 19.5 Å². The Hall–Kier alpha value is -2.95. The molecule has 1 aromatic carbocycles. The summed E-state index contributed by atoms with van der Waals surface area (Å²) in [5.74, 6) is -0.0221. The molecule has 1 amide bonds. The van der Waals surface area contributed by atoms with E-state index < -0.39 is 6.04 Å². The second-order valence-electron chi connectivity index (χ2n) is 8.05. The SMILES string of the molecule is CC(=O)N1c2ccccc2NC2=C(C(=O)CC(C)(C)C2)[C@H]1c1cccnc1. The van der Waals surface area contributed by atoms with Crippen molar-refractivity contribution in [2.24, 2.45) is 5.41 Å². The molecule has 2 aliphatic rings. The topological polar surface area (TPSA) is 62.3 Å². The molecular formula is C22H23N3O2. The molecule has 1 N–H and O–H groups in total. The summed E-state index contributed by atoms with van der Waals surface area (Å²) in [5, 5.41) is 3.48. The maximum Gasteiger partial charge on any atom is 0.224 e. The summed E-state index contributed by atoms with van der Waals surface area (Å²) >= 11 is 0. The Morgan fingerprint density at radius 2 is 1.96 bits per heavy atom. The summed E-state index contributed by atoms with van der Waals surface area (Å²) in [6, 6.07) is 11.0. The van der Waals surface area contributed by atoms with E-state index in [1.165, 1.54) is 0 Å². The van der Waals surface area contributed by atoms with Gasteiger partial charge < -0.3 is 5.32 Å². The van der Waals surface area contributed by atoms with Gasteiger partial charge in [0.2, 0.25) is 5.91 Å². The smallest absolute Gasteiger partial charge is 0.224 e. The average molecular weight is 361 g/mol. The molecule has 0 unspecified atom stereocenters. The molecule has 0 radical (unpaired) electrons. The van der Waals surface area contributed by atoms with Crippen LogP contribution < -0.4 is 10.2 Å². The minimum absolute atomic E-state index is 0.0849. The van der Waals surface area contributed by atoms with E-state index in [9.17, 15) is 9.59 Å². The van der Waals surface area contributed by atoms with Gasteiger partial charge in [0.15, 0.2) is 5.78 Å². The Balaban J connectivity index is 2.01. The number of carbonyl (C=O) groups excluding carboxylic acids is 2. The highest BCUT2D eigenvalue weighted by Gasteiger charge is 2.42. The van der Waals surface area contributed by atoms with Gasteiger partial charge in [-0.25, -0.2) is 0 Å². The Morgan fingerprint density at radius 3 is 2.67 bits per heavy atom. The van der Waals surface area contributed by atoms with Gasteiger partial charge in [0.25, 0.3) is 0 Å². The first-order valence-electron chi connectivity index (χ1n) is 9.19. The molecule has 2 aromatic rings. The zero-order chi connectivity index (χ0) is 19.2. The molecule has 1 atom stereocenters. The number of amides is 1. The lowest BCUT2D eigenvalue weighted by molar-refractivity contribution is -0.118. The van der Waals surface area contributed by atoms with E-state index >= 15 is 0 Å². The fourth-order valence-corrected chi connectivity index (χ4v) is 4.19. The molecule has 4 rings (SSSR count). The van der Waals surface area contributed by atoms with E-state index in [-0.39, 0.29) is 17.1 Å². The van der Waals surface area contributed by atoms with Crippen LogP contribution in [0.15, 0.2) is 60.1 Å². The number of nitrogens with one attached hydrogen (secondary N) is 1. The van der Waals surface area contributed by atoms with E-state index in [1.54, 1.807) is 24.2 Å². The molecule has 0 saturated carbocycles. The molecule has 0 fully saturated rings. The van der Waals surface area contributed by atoms with E-state index in [0.717, 1.165) is 29.1 Å². The van der Waals surface area contributed by atoms with Gasteiger partial charge in [-0.15, -0.1) is 0 Å². The lowest BCUT2D eigenvalue weighted by atomic mass is 9.73. The number of para-hydroxylation sites is 2. The van der Waals surface area contributed by atoms with Crippen LogP contribution in [0.2, 0.25) is 0 Å². The van der Waals surface area contributed by atoms with Crippen molar-refractivity contribution in [1.29, 1.82) is 0 Å². The Labute approximate surface area is 159 Å². The van der Waals surface area contributed by atoms with E-state index in [1.807, 2.05) is 36.4 Å². The van der Waals surface area contributed by atoms with Gasteiger partial charge in [-0.05, 0) is 35.6 Å². The predicted molar refractivity (Wildman–Crippen MR) is 105 cm³/mol. The third kappa shape index (κ3) is 3.03. The van der Waals surface area contributed by atoms with Gasteiger partial charge in [-0.2, -0.15) is 0 Å². The van der Waals surface area contributed by atoms with Crippen LogP contribution >= 0.6 is 0 Å². The summed E-state index contributed by atoms with van der Waals surface area (Å²) in [5.41, 5.74) is 3.92. The van der Waals surface area contributed by atoms with E-state index in [0.29, 0.717) is 12.0 Å². The number of ketones is 1. The Bertz CT molecular complexity index is 947. The molecule has 0 spiro atoms. The number of aromatic nitrogens is 1. The van der Waals surface area contributed by atoms with E-state index in [4.69, 9.17) is 0 Å². The van der Waals surface area contributed by atoms with Crippen molar-refractivity contribution in [1.82, 2.24) is 4.98 Å². The maximum atomic E-state index is 13.2. The number of hydrogen-bond donors (Lipinski definition) is 1. The molecule has 138 valence electrons. The highest BCUT2D eigenvalue weighted by atomic mass is 16.2. The number of benzene rings is 1. The van der Waals surface area contributed by atoms with Crippen molar-refractivity contribution in [2.75, 3.05) is 10.2 Å². The third-order valence-electron chi connectivity index (χ3n) is 5.24. The number of rotatable bonds is 1. The monoisotopic (exact) mass is 361 g/mol. The molecule has 5 nitrogen and oxygen atoms in total. The number of fused-ring (bicyclic) bond motifs is 1. The van der Waals surface area contributed by atoms with Crippen molar-refractivity contribution in [2.45, 2.75) is 39.7 Å². The number of anilines is 2. The number of carbonyl (C=O) groups is 2. The zero-order valence-electron chi connectivity index (χ0n) is 15.8. The number of pyridine rings is 1. The van der Waals surface area contributed by atoms with Gasteiger partial charge in [-0.1, -0.05) is 32.0 Å². The van der Waals surface area contributed by atoms with Gasteiger partial charge in [0, 0.05) is 37.0 Å². The van der Waals surface area contributed by atoms with Gasteiger partial charge >= 0.3 is 0 Å². The first kappa shape index (κ1) is 17.5. The fourth-order valence-electron chi connectivity index (χ4n) is 4.19. The summed E-state index contributed by atoms with van der Waals surface area (Å²) in [6.07, 6.45) is 4.66. The van der Waals surface area contributed by atoms with Crippen LogP contribution in [0, 0.1) is 5.41 Å². The standard InChI is InChI=1S/C22H23N3O2/c1-14(26)25-18-9-5-4-8-16(18)24-17-11-22(2,3)12-19(27)20(17)21(25)15-7-6-10-23-13-15/h4-10,13,21,24H,11-12H2,1-3H3/t21-/m1/s1. The van der Waals surface area contributed by atoms with Crippen molar-refractivity contribution in [3.63, 3.8) is 0 Å². The van der Waals surface area contributed by atoms with Crippen molar-refractivity contribution in [3.05, 3.63) is 65.6 Å². The molecule has 0 saturated heterocycles. The zero-order valence-corrected chi connectivity index (χ0v) is 15.8. The van der Waals surface area contributed by atoms with Crippen LogP contribution in [0.1, 0.15) is 45.2 Å². The molecule has 1 aliphatic carbocycles. The van der Waals surface area contributed by atoms with Crippen LogP contribution in [0.25, 0.3) is 0 Å². The number of hydrogen-bond acceptors (Lipinski definition) is 4. The Morgan fingerprint density at radius 1 is 1.19 bits per heavy atom. The summed E-state index contributed by atoms with van der Waals surface area (Å²) in [4.78, 5) is 32.0. The molecule has 1 aliphatic heterocycles. The van der Waals surface area contributed by atoms with Crippen molar-refractivity contribution >= 4 is 23.1 Å². The third-order valence-corrected chi connectivity index (χ3v) is 5.24. The number of Topliss-reactive ketones (excluding diaryl/α,β-unsaturated/α-hetero) is 1. The fraction of sp³-hybridized carbons (Fsp3) is 0.318. The van der Waals surface area contributed by atoms with Gasteiger partial charge in [0.05, 0.1) is 17.4 Å². The highest BCUT2D eigenvalue weighted by molar-refractivity contribution is 6.05. The first-order chi connectivity index (χ1) is 12.9. The minimum atomic E-state index is -0.481. The largest absolute Gasteiger partial charge is 0.357 e. The average Bonchev–Trinajstić information content (AvgIpc) is 2.75. The highest BCUT2D eigenvalue weighted by Crippen LogP contribution is 2.48. The lowest BCUT2D eigenvalue weighted by Crippen LogP contribution is -2.38. The molecule has 0 bridgehead atoms. The number of nitrogens with zero attached hydrogens (tertiary/aromatic N) is 2.